The number of hydrogen-bond donors (Lipinski definition) is 1. The largest absolute Gasteiger partial charge is 0.496 e. The number of benzene rings is 2. The summed E-state index contributed by atoms with van der Waals surface area (Å²) in [4.78, 5) is 18.0. The molecule has 0 radical (unpaired) electrons. The van der Waals surface area contributed by atoms with E-state index in [1.165, 1.54) is 16.9 Å². The van der Waals surface area contributed by atoms with Gasteiger partial charge in [-0.1, -0.05) is 19.1 Å². The Labute approximate surface area is 182 Å². The van der Waals surface area contributed by atoms with E-state index in [1.54, 1.807) is 7.11 Å². The van der Waals surface area contributed by atoms with E-state index in [-0.39, 0.29) is 5.91 Å². The smallest absolute Gasteiger partial charge is 0.226 e. The van der Waals surface area contributed by atoms with Gasteiger partial charge < -0.3 is 14.8 Å². The molecule has 0 bridgehead atoms. The summed E-state index contributed by atoms with van der Waals surface area (Å²) in [7, 11) is 1.66. The zero-order chi connectivity index (χ0) is 21.5. The summed E-state index contributed by atoms with van der Waals surface area (Å²) in [6, 6.07) is 14.1. The Morgan fingerprint density at radius 3 is 2.57 bits per heavy atom. The molecule has 3 aromatic rings. The van der Waals surface area contributed by atoms with Crippen LogP contribution >= 0.6 is 11.3 Å². The van der Waals surface area contributed by atoms with Crippen molar-refractivity contribution in [2.24, 2.45) is 0 Å². The van der Waals surface area contributed by atoms with Crippen LogP contribution in [-0.2, 0) is 11.2 Å². The molecule has 0 atom stereocenters. The van der Waals surface area contributed by atoms with Crippen LogP contribution in [0.25, 0.3) is 11.3 Å². The Balaban J connectivity index is 1.50. The Morgan fingerprint density at radius 2 is 1.90 bits per heavy atom. The van der Waals surface area contributed by atoms with Crippen molar-refractivity contribution in [2.75, 3.05) is 19.0 Å². The molecule has 0 aliphatic carbocycles. The number of rotatable bonds is 9. The first-order valence-electron chi connectivity index (χ1n) is 10.1. The number of amides is 1. The van der Waals surface area contributed by atoms with Crippen LogP contribution in [0.5, 0.6) is 11.5 Å². The molecule has 0 aliphatic rings. The van der Waals surface area contributed by atoms with Crippen LogP contribution in [0, 0.1) is 13.8 Å². The van der Waals surface area contributed by atoms with Crippen LogP contribution in [0.1, 0.15) is 35.8 Å². The molecule has 30 heavy (non-hydrogen) atoms. The minimum atomic E-state index is -0.0499. The molecule has 0 fully saturated rings. The monoisotopic (exact) mass is 424 g/mol. The first-order valence-corrected chi connectivity index (χ1v) is 11.0. The Morgan fingerprint density at radius 1 is 1.13 bits per heavy atom. The number of carbonyl (C=O) groups is 1. The van der Waals surface area contributed by atoms with E-state index in [2.05, 4.69) is 35.4 Å². The maximum absolute atomic E-state index is 12.3. The average molecular weight is 425 g/mol. The summed E-state index contributed by atoms with van der Waals surface area (Å²) >= 11 is 1.49. The molecule has 0 aliphatic heterocycles. The van der Waals surface area contributed by atoms with Crippen molar-refractivity contribution in [2.45, 2.75) is 40.0 Å². The molecule has 0 spiro atoms. The second-order valence-electron chi connectivity index (χ2n) is 7.11. The van der Waals surface area contributed by atoms with Crippen molar-refractivity contribution < 1.29 is 14.3 Å². The summed E-state index contributed by atoms with van der Waals surface area (Å²) in [5.41, 5.74) is 4.24. The molecule has 0 saturated heterocycles. The Bertz CT molecular complexity index is 996. The second kappa shape index (κ2) is 10.3. The van der Waals surface area contributed by atoms with Crippen LogP contribution in [0.3, 0.4) is 0 Å². The standard InChI is InChI=1S/C24H28N2O3S/c1-5-18-8-11-20(12-9-18)29-14-6-7-22(27)25-24-26-23(17(3)30-24)19-10-13-21(28-4)16(2)15-19/h8-13,15H,5-7,14H2,1-4H3,(H,25,26,27). The van der Waals surface area contributed by atoms with E-state index in [0.717, 1.165) is 39.6 Å². The fraction of sp³-hybridized carbons (Fsp3) is 0.333. The molecule has 6 heteroatoms. The topological polar surface area (TPSA) is 60.5 Å². The number of methoxy groups -OCH3 is 1. The lowest BCUT2D eigenvalue weighted by atomic mass is 10.1. The van der Waals surface area contributed by atoms with Gasteiger partial charge in [0, 0.05) is 16.9 Å². The molecular formula is C24H28N2O3S. The maximum atomic E-state index is 12.3. The summed E-state index contributed by atoms with van der Waals surface area (Å²) < 4.78 is 11.0. The van der Waals surface area contributed by atoms with E-state index >= 15 is 0 Å². The fourth-order valence-corrected chi connectivity index (χ4v) is 4.02. The zero-order valence-corrected chi connectivity index (χ0v) is 18.8. The molecule has 1 N–H and O–H groups in total. The summed E-state index contributed by atoms with van der Waals surface area (Å²) in [5.74, 6) is 1.64. The maximum Gasteiger partial charge on any atom is 0.226 e. The summed E-state index contributed by atoms with van der Waals surface area (Å²) in [6.45, 7) is 6.65. The van der Waals surface area contributed by atoms with E-state index in [1.807, 2.05) is 38.1 Å². The van der Waals surface area contributed by atoms with Gasteiger partial charge in [-0.25, -0.2) is 4.98 Å². The highest BCUT2D eigenvalue weighted by Gasteiger charge is 2.13. The Hall–Kier alpha value is -2.86. The van der Waals surface area contributed by atoms with E-state index in [4.69, 9.17) is 9.47 Å². The van der Waals surface area contributed by atoms with Gasteiger partial charge in [0.2, 0.25) is 5.91 Å². The van der Waals surface area contributed by atoms with Crippen LogP contribution in [0.4, 0.5) is 5.13 Å². The van der Waals surface area contributed by atoms with E-state index in [9.17, 15) is 4.79 Å². The number of anilines is 1. The highest BCUT2D eigenvalue weighted by Crippen LogP contribution is 2.32. The SMILES string of the molecule is CCc1ccc(OCCCC(=O)Nc2nc(-c3ccc(OC)c(C)c3)c(C)s2)cc1. The predicted molar refractivity (Wildman–Crippen MR) is 123 cm³/mol. The van der Waals surface area contributed by atoms with Gasteiger partial charge >= 0.3 is 0 Å². The average Bonchev–Trinajstić information content (AvgIpc) is 3.11. The molecular weight excluding hydrogens is 396 g/mol. The molecule has 2 aromatic carbocycles. The predicted octanol–water partition coefficient (Wildman–Crippen LogP) is 5.80. The van der Waals surface area contributed by atoms with Crippen molar-refractivity contribution in [3.63, 3.8) is 0 Å². The number of carbonyl (C=O) groups excluding carboxylic acids is 1. The van der Waals surface area contributed by atoms with Crippen molar-refractivity contribution >= 4 is 22.4 Å². The lowest BCUT2D eigenvalue weighted by Crippen LogP contribution is -2.12. The van der Waals surface area contributed by atoms with Crippen LogP contribution in [-0.4, -0.2) is 24.6 Å². The third kappa shape index (κ3) is 5.60. The molecule has 5 nitrogen and oxygen atoms in total. The van der Waals surface area contributed by atoms with E-state index < -0.39 is 0 Å². The summed E-state index contributed by atoms with van der Waals surface area (Å²) in [6.07, 6.45) is 2.05. The molecule has 1 aromatic heterocycles. The van der Waals surface area contributed by atoms with Gasteiger partial charge in [-0.05, 0) is 68.1 Å². The van der Waals surface area contributed by atoms with Gasteiger partial charge in [-0.2, -0.15) is 0 Å². The molecule has 3 rings (SSSR count). The first-order chi connectivity index (χ1) is 14.5. The van der Waals surface area contributed by atoms with Gasteiger partial charge in [0.25, 0.3) is 0 Å². The molecule has 158 valence electrons. The number of nitrogens with zero attached hydrogens (tertiary/aromatic N) is 1. The normalized spacial score (nSPS) is 10.7. The van der Waals surface area contributed by atoms with Crippen LogP contribution in [0.15, 0.2) is 42.5 Å². The number of aromatic nitrogens is 1. The second-order valence-corrected chi connectivity index (χ2v) is 8.31. The van der Waals surface area contributed by atoms with Gasteiger partial charge in [0.05, 0.1) is 19.4 Å². The first kappa shape index (κ1) is 21.8. The highest BCUT2D eigenvalue weighted by molar-refractivity contribution is 7.16. The highest BCUT2D eigenvalue weighted by atomic mass is 32.1. The van der Waals surface area contributed by atoms with Crippen LogP contribution in [0.2, 0.25) is 0 Å². The van der Waals surface area contributed by atoms with Crippen LogP contribution < -0.4 is 14.8 Å². The summed E-state index contributed by atoms with van der Waals surface area (Å²) in [5, 5.41) is 3.53. The van der Waals surface area contributed by atoms with Crippen molar-refractivity contribution in [1.29, 1.82) is 0 Å². The van der Waals surface area contributed by atoms with Gasteiger partial charge in [-0.15, -0.1) is 11.3 Å². The molecule has 1 heterocycles. The number of thiazole rings is 1. The molecule has 1 amide bonds. The zero-order valence-electron chi connectivity index (χ0n) is 18.0. The lowest BCUT2D eigenvalue weighted by molar-refractivity contribution is -0.116. The number of nitrogens with one attached hydrogen (secondary N) is 1. The van der Waals surface area contributed by atoms with Gasteiger partial charge in [0.1, 0.15) is 11.5 Å². The van der Waals surface area contributed by atoms with Gasteiger partial charge in [0.15, 0.2) is 5.13 Å². The van der Waals surface area contributed by atoms with Gasteiger partial charge in [-0.3, -0.25) is 4.79 Å². The van der Waals surface area contributed by atoms with E-state index in [0.29, 0.717) is 24.6 Å². The molecule has 0 saturated carbocycles. The fourth-order valence-electron chi connectivity index (χ4n) is 3.17. The number of ether oxygens (including phenoxy) is 2. The van der Waals surface area contributed by atoms with Crippen molar-refractivity contribution in [3.05, 3.63) is 58.5 Å². The number of aryl methyl sites for hydroxylation is 3. The Kier molecular flexibility index (Phi) is 7.46. The van der Waals surface area contributed by atoms with Crippen molar-refractivity contribution in [3.8, 4) is 22.8 Å². The quantitative estimate of drug-likeness (QED) is 0.441. The minimum absolute atomic E-state index is 0.0499. The molecule has 0 unspecified atom stereocenters. The minimum Gasteiger partial charge on any atom is -0.496 e. The lowest BCUT2D eigenvalue weighted by Gasteiger charge is -2.07. The van der Waals surface area contributed by atoms with Crippen molar-refractivity contribution in [1.82, 2.24) is 4.98 Å². The number of hydrogen-bond acceptors (Lipinski definition) is 5. The third-order valence-corrected chi connectivity index (χ3v) is 5.75. The third-order valence-electron chi connectivity index (χ3n) is 4.86.